The second kappa shape index (κ2) is 6.93. The summed E-state index contributed by atoms with van der Waals surface area (Å²) in [5.41, 5.74) is 6.13. The summed E-state index contributed by atoms with van der Waals surface area (Å²) in [4.78, 5) is 15.5. The Balaban J connectivity index is 2.47. The molecule has 1 amide bonds. The van der Waals surface area contributed by atoms with Gasteiger partial charge in [0, 0.05) is 23.1 Å². The lowest BCUT2D eigenvalue weighted by Crippen LogP contribution is -2.17. The van der Waals surface area contributed by atoms with Crippen LogP contribution in [0.4, 0.5) is 5.69 Å². The van der Waals surface area contributed by atoms with Crippen molar-refractivity contribution in [3.63, 3.8) is 0 Å². The number of aromatic nitrogens is 1. The largest absolute Gasteiger partial charge is 0.328 e. The fraction of sp³-hybridized carbons (Fsp3) is 0.455. The Morgan fingerprint density at radius 3 is 3.06 bits per heavy atom. The molecule has 0 aliphatic rings. The molecule has 1 aromatic rings. The Bertz CT molecular complexity index is 398. The summed E-state index contributed by atoms with van der Waals surface area (Å²) in [5, 5.41) is 3.01. The fourth-order valence-electron chi connectivity index (χ4n) is 1.31. The first kappa shape index (κ1) is 14.4. The van der Waals surface area contributed by atoms with Gasteiger partial charge in [-0.05, 0) is 41.8 Å². The summed E-state index contributed by atoms with van der Waals surface area (Å²) in [6.07, 6.45) is 3.61. The van der Waals surface area contributed by atoms with Crippen LogP contribution in [0.15, 0.2) is 16.7 Å². The highest BCUT2D eigenvalue weighted by Crippen LogP contribution is 2.23. The Hall–Kier alpha value is -0.650. The average molecular weight is 321 g/mol. The van der Waals surface area contributed by atoms with Crippen LogP contribution in [-0.4, -0.2) is 16.9 Å². The molecule has 1 rings (SSSR count). The Morgan fingerprint density at radius 2 is 2.41 bits per heavy atom. The molecule has 0 aromatic carbocycles. The minimum absolute atomic E-state index is 0.0764. The summed E-state index contributed by atoms with van der Waals surface area (Å²) in [6.45, 7) is 1.92. The molecule has 1 unspecified atom stereocenters. The summed E-state index contributed by atoms with van der Waals surface area (Å²) in [5.74, 6) is -0.0764. The highest BCUT2D eigenvalue weighted by molar-refractivity contribution is 9.10. The van der Waals surface area contributed by atoms with Crippen molar-refractivity contribution in [3.05, 3.63) is 21.9 Å². The molecule has 0 spiro atoms. The molecule has 0 bridgehead atoms. The molecular formula is C11H15BrClN3O. The zero-order chi connectivity index (χ0) is 12.8. The Kier molecular flexibility index (Phi) is 5.88. The number of amides is 1. The van der Waals surface area contributed by atoms with Gasteiger partial charge in [-0.3, -0.25) is 4.79 Å². The lowest BCUT2D eigenvalue weighted by Gasteiger charge is -2.08. The number of nitrogens with two attached hydrogens (primary N) is 1. The molecule has 0 radical (unpaired) electrons. The third-order valence-electron chi connectivity index (χ3n) is 2.14. The monoisotopic (exact) mass is 319 g/mol. The maximum absolute atomic E-state index is 11.6. The van der Waals surface area contributed by atoms with Gasteiger partial charge in [-0.15, -0.1) is 0 Å². The van der Waals surface area contributed by atoms with Gasteiger partial charge in [-0.1, -0.05) is 11.6 Å². The van der Waals surface area contributed by atoms with Crippen LogP contribution in [0.25, 0.3) is 0 Å². The molecule has 6 heteroatoms. The minimum atomic E-state index is -0.0764. The number of carbonyl (C=O) groups is 1. The standard InChI is InChI=1S/C11H15BrClN3O/c1-7(14)3-2-4-10(17)16-9-5-8(12)6-15-11(9)13/h5-7H,2-4,14H2,1H3,(H,16,17). The first-order valence-corrected chi connectivity index (χ1v) is 6.52. The van der Waals surface area contributed by atoms with E-state index >= 15 is 0 Å². The van der Waals surface area contributed by atoms with Crippen molar-refractivity contribution in [1.82, 2.24) is 4.98 Å². The van der Waals surface area contributed by atoms with Crippen molar-refractivity contribution < 1.29 is 4.79 Å². The molecule has 0 aliphatic heterocycles. The highest BCUT2D eigenvalue weighted by atomic mass is 79.9. The number of nitrogens with zero attached hydrogens (tertiary/aromatic N) is 1. The SMILES string of the molecule is CC(N)CCCC(=O)Nc1cc(Br)cnc1Cl. The van der Waals surface area contributed by atoms with Gasteiger partial charge >= 0.3 is 0 Å². The van der Waals surface area contributed by atoms with Crippen LogP contribution in [0.1, 0.15) is 26.2 Å². The predicted molar refractivity (Wildman–Crippen MR) is 73.1 cm³/mol. The van der Waals surface area contributed by atoms with Crippen molar-refractivity contribution >= 4 is 39.1 Å². The van der Waals surface area contributed by atoms with E-state index < -0.39 is 0 Å². The second-order valence-electron chi connectivity index (χ2n) is 3.91. The van der Waals surface area contributed by atoms with Gasteiger partial charge in [0.1, 0.15) is 0 Å². The Morgan fingerprint density at radius 1 is 1.71 bits per heavy atom. The molecule has 3 N–H and O–H groups in total. The number of pyridine rings is 1. The summed E-state index contributed by atoms with van der Waals surface area (Å²) in [7, 11) is 0. The van der Waals surface area contributed by atoms with Crippen molar-refractivity contribution in [1.29, 1.82) is 0 Å². The van der Waals surface area contributed by atoms with Crippen LogP contribution in [-0.2, 0) is 4.79 Å². The smallest absolute Gasteiger partial charge is 0.224 e. The van der Waals surface area contributed by atoms with E-state index in [0.717, 1.165) is 17.3 Å². The zero-order valence-electron chi connectivity index (χ0n) is 9.54. The van der Waals surface area contributed by atoms with Gasteiger partial charge in [0.2, 0.25) is 5.91 Å². The minimum Gasteiger partial charge on any atom is -0.328 e. The number of hydrogen-bond donors (Lipinski definition) is 2. The van der Waals surface area contributed by atoms with E-state index in [0.29, 0.717) is 12.1 Å². The maximum Gasteiger partial charge on any atom is 0.224 e. The third-order valence-corrected chi connectivity index (χ3v) is 2.88. The molecule has 94 valence electrons. The van der Waals surface area contributed by atoms with Crippen LogP contribution in [0, 0.1) is 0 Å². The molecule has 0 aliphatic carbocycles. The predicted octanol–water partition coefficient (Wildman–Crippen LogP) is 2.95. The maximum atomic E-state index is 11.6. The van der Waals surface area contributed by atoms with Crippen LogP contribution < -0.4 is 11.1 Å². The van der Waals surface area contributed by atoms with Crippen LogP contribution in [0.3, 0.4) is 0 Å². The number of nitrogens with one attached hydrogen (secondary N) is 1. The lowest BCUT2D eigenvalue weighted by atomic mass is 10.1. The zero-order valence-corrected chi connectivity index (χ0v) is 11.9. The molecular weight excluding hydrogens is 305 g/mol. The fourth-order valence-corrected chi connectivity index (χ4v) is 1.79. The van der Waals surface area contributed by atoms with Gasteiger partial charge < -0.3 is 11.1 Å². The van der Waals surface area contributed by atoms with Gasteiger partial charge in [0.05, 0.1) is 5.69 Å². The topological polar surface area (TPSA) is 68.0 Å². The van der Waals surface area contributed by atoms with E-state index in [1.165, 1.54) is 0 Å². The average Bonchev–Trinajstić information content (AvgIpc) is 2.23. The molecule has 0 fully saturated rings. The van der Waals surface area contributed by atoms with Gasteiger partial charge in [0.15, 0.2) is 5.15 Å². The Labute approximate surface area is 114 Å². The van der Waals surface area contributed by atoms with E-state index in [2.05, 4.69) is 26.2 Å². The number of anilines is 1. The molecule has 1 atom stereocenters. The van der Waals surface area contributed by atoms with E-state index in [1.807, 2.05) is 6.92 Å². The van der Waals surface area contributed by atoms with E-state index in [1.54, 1.807) is 12.3 Å². The van der Waals surface area contributed by atoms with Crippen molar-refractivity contribution in [2.24, 2.45) is 5.73 Å². The summed E-state index contributed by atoms with van der Waals surface area (Å²) >= 11 is 9.13. The van der Waals surface area contributed by atoms with Crippen LogP contribution in [0.2, 0.25) is 5.15 Å². The second-order valence-corrected chi connectivity index (χ2v) is 5.18. The van der Waals surface area contributed by atoms with Crippen molar-refractivity contribution in [2.45, 2.75) is 32.2 Å². The van der Waals surface area contributed by atoms with Crippen molar-refractivity contribution in [2.75, 3.05) is 5.32 Å². The molecule has 17 heavy (non-hydrogen) atoms. The van der Waals surface area contributed by atoms with Gasteiger partial charge in [-0.2, -0.15) is 0 Å². The highest BCUT2D eigenvalue weighted by Gasteiger charge is 2.07. The molecule has 1 aromatic heterocycles. The van der Waals surface area contributed by atoms with Crippen LogP contribution in [0.5, 0.6) is 0 Å². The number of carbonyl (C=O) groups excluding carboxylic acids is 1. The summed E-state index contributed by atoms with van der Waals surface area (Å²) in [6, 6.07) is 1.85. The first-order chi connectivity index (χ1) is 7.99. The lowest BCUT2D eigenvalue weighted by molar-refractivity contribution is -0.116. The van der Waals surface area contributed by atoms with E-state index in [9.17, 15) is 4.79 Å². The molecule has 1 heterocycles. The number of halogens is 2. The van der Waals surface area contributed by atoms with E-state index in [4.69, 9.17) is 17.3 Å². The number of hydrogen-bond acceptors (Lipinski definition) is 3. The van der Waals surface area contributed by atoms with Crippen LogP contribution >= 0.6 is 27.5 Å². The quantitative estimate of drug-likeness (QED) is 0.820. The normalized spacial score (nSPS) is 12.2. The molecule has 4 nitrogen and oxygen atoms in total. The number of rotatable bonds is 5. The van der Waals surface area contributed by atoms with Gasteiger partial charge in [-0.25, -0.2) is 4.98 Å². The van der Waals surface area contributed by atoms with Crippen molar-refractivity contribution in [3.8, 4) is 0 Å². The first-order valence-electron chi connectivity index (χ1n) is 5.35. The molecule has 0 saturated carbocycles. The third kappa shape index (κ3) is 5.48. The summed E-state index contributed by atoms with van der Waals surface area (Å²) < 4.78 is 0.771. The van der Waals surface area contributed by atoms with Gasteiger partial charge in [0.25, 0.3) is 0 Å². The van der Waals surface area contributed by atoms with E-state index in [-0.39, 0.29) is 17.1 Å². The molecule has 0 saturated heterocycles.